The summed E-state index contributed by atoms with van der Waals surface area (Å²) in [5, 5.41) is 0. The Morgan fingerprint density at radius 1 is 1.08 bits per heavy atom. The van der Waals surface area contributed by atoms with Crippen molar-refractivity contribution in [1.82, 2.24) is 0 Å². The van der Waals surface area contributed by atoms with Crippen molar-refractivity contribution in [3.05, 3.63) is 29.8 Å². The van der Waals surface area contributed by atoms with Crippen molar-refractivity contribution in [3.63, 3.8) is 0 Å². The van der Waals surface area contributed by atoms with Gasteiger partial charge >= 0.3 is 5.97 Å². The molecule has 140 valence electrons. The molecule has 0 N–H and O–H groups in total. The van der Waals surface area contributed by atoms with E-state index in [0.717, 1.165) is 37.7 Å². The molecule has 0 amide bonds. The van der Waals surface area contributed by atoms with Crippen LogP contribution in [0.1, 0.15) is 57.4 Å². The van der Waals surface area contributed by atoms with Gasteiger partial charge in [-0.05, 0) is 50.3 Å². The van der Waals surface area contributed by atoms with Crippen molar-refractivity contribution in [2.45, 2.75) is 58.3 Å². The van der Waals surface area contributed by atoms with E-state index in [1.807, 2.05) is 19.1 Å². The Morgan fingerprint density at radius 2 is 1.72 bits per heavy atom. The maximum absolute atomic E-state index is 13.8. The molecule has 0 radical (unpaired) electrons. The van der Waals surface area contributed by atoms with Gasteiger partial charge in [0.2, 0.25) is 0 Å². The summed E-state index contributed by atoms with van der Waals surface area (Å²) in [5.74, 6) is -1.94. The van der Waals surface area contributed by atoms with E-state index in [0.29, 0.717) is 12.4 Å². The van der Waals surface area contributed by atoms with Gasteiger partial charge in [-0.15, -0.1) is 0 Å². The number of hydrogen-bond donors (Lipinski definition) is 0. The third-order valence-electron chi connectivity index (χ3n) is 4.95. The van der Waals surface area contributed by atoms with Gasteiger partial charge in [0.15, 0.2) is 0 Å². The monoisotopic (exact) mass is 354 g/mol. The van der Waals surface area contributed by atoms with Crippen molar-refractivity contribution >= 4 is 5.97 Å². The van der Waals surface area contributed by atoms with Gasteiger partial charge in [-0.25, -0.2) is 8.78 Å². The summed E-state index contributed by atoms with van der Waals surface area (Å²) in [4.78, 5) is 12.3. The summed E-state index contributed by atoms with van der Waals surface area (Å²) >= 11 is 0. The Balaban J connectivity index is 2.34. The minimum Gasteiger partial charge on any atom is -0.494 e. The molecule has 3 nitrogen and oxygen atoms in total. The van der Waals surface area contributed by atoms with Gasteiger partial charge in [0, 0.05) is 5.92 Å². The first-order valence-electron chi connectivity index (χ1n) is 9.26. The maximum atomic E-state index is 13.8. The molecular formula is C20H28F2O3. The van der Waals surface area contributed by atoms with Crippen LogP contribution in [-0.2, 0) is 9.53 Å². The van der Waals surface area contributed by atoms with Gasteiger partial charge in [-0.3, -0.25) is 4.79 Å². The number of halogens is 2. The fraction of sp³-hybridized carbons (Fsp3) is 0.650. The third kappa shape index (κ3) is 5.16. The Kier molecular flexibility index (Phi) is 7.66. The van der Waals surface area contributed by atoms with E-state index in [1.165, 1.54) is 0 Å². The number of benzene rings is 1. The average Bonchev–Trinajstić information content (AvgIpc) is 2.61. The van der Waals surface area contributed by atoms with Gasteiger partial charge in [0.05, 0.1) is 13.2 Å². The first-order valence-corrected chi connectivity index (χ1v) is 9.26. The number of carbonyl (C=O) groups is 1. The molecule has 0 aliphatic heterocycles. The van der Waals surface area contributed by atoms with Gasteiger partial charge in [0.25, 0.3) is 6.43 Å². The molecule has 2 unspecified atom stereocenters. The quantitative estimate of drug-likeness (QED) is 0.602. The fourth-order valence-corrected chi connectivity index (χ4v) is 3.86. The van der Waals surface area contributed by atoms with Crippen LogP contribution in [0.5, 0.6) is 5.75 Å². The Labute approximate surface area is 148 Å². The van der Waals surface area contributed by atoms with E-state index < -0.39 is 24.2 Å². The van der Waals surface area contributed by atoms with E-state index in [2.05, 4.69) is 0 Å². The highest BCUT2D eigenvalue weighted by atomic mass is 19.3. The highest BCUT2D eigenvalue weighted by Gasteiger charge is 2.42. The summed E-state index contributed by atoms with van der Waals surface area (Å²) < 4.78 is 38.1. The molecule has 0 heterocycles. The van der Waals surface area contributed by atoms with Crippen molar-refractivity contribution in [2.24, 2.45) is 11.8 Å². The standard InChI is InChI=1S/C20H28F2O3/c1-3-24-16-12-10-15(11-13-16)17(14-8-6-5-7-9-14)18(19(21)22)20(23)25-4-2/h10-14,17-19H,3-9H2,1-2H3. The second-order valence-corrected chi connectivity index (χ2v) is 6.54. The fourth-order valence-electron chi connectivity index (χ4n) is 3.86. The Bertz CT molecular complexity index is 524. The summed E-state index contributed by atoms with van der Waals surface area (Å²) in [7, 11) is 0. The predicted octanol–water partition coefficient (Wildman–Crippen LogP) is 5.19. The maximum Gasteiger partial charge on any atom is 0.315 e. The lowest BCUT2D eigenvalue weighted by molar-refractivity contribution is -0.156. The smallest absolute Gasteiger partial charge is 0.315 e. The zero-order valence-corrected chi connectivity index (χ0v) is 15.0. The molecule has 0 aromatic heterocycles. The van der Waals surface area contributed by atoms with Crippen LogP contribution >= 0.6 is 0 Å². The first kappa shape index (κ1) is 19.7. The summed E-state index contributed by atoms with van der Waals surface area (Å²) in [6.45, 7) is 4.20. The van der Waals surface area contributed by atoms with E-state index >= 15 is 0 Å². The molecule has 25 heavy (non-hydrogen) atoms. The average molecular weight is 354 g/mol. The topological polar surface area (TPSA) is 35.5 Å². The first-order chi connectivity index (χ1) is 12.1. The molecule has 1 saturated carbocycles. The SMILES string of the molecule is CCOC(=O)C(C(F)F)C(c1ccc(OCC)cc1)C1CCCCC1. The second kappa shape index (κ2) is 9.73. The molecule has 0 spiro atoms. The summed E-state index contributed by atoms with van der Waals surface area (Å²) in [6.07, 6.45) is 2.19. The molecule has 0 bridgehead atoms. The van der Waals surface area contributed by atoms with Crippen LogP contribution in [0.3, 0.4) is 0 Å². The number of hydrogen-bond acceptors (Lipinski definition) is 3. The number of carbonyl (C=O) groups excluding carboxylic acids is 1. The molecule has 1 aliphatic carbocycles. The number of esters is 1. The van der Waals surface area contributed by atoms with Crippen LogP contribution in [0.15, 0.2) is 24.3 Å². The molecule has 1 aliphatic rings. The van der Waals surface area contributed by atoms with Crippen LogP contribution in [0.2, 0.25) is 0 Å². The molecule has 5 heteroatoms. The van der Waals surface area contributed by atoms with Crippen LogP contribution in [0, 0.1) is 11.8 Å². The second-order valence-electron chi connectivity index (χ2n) is 6.54. The highest BCUT2D eigenvalue weighted by Crippen LogP contribution is 2.43. The largest absolute Gasteiger partial charge is 0.494 e. The molecule has 1 fully saturated rings. The zero-order valence-electron chi connectivity index (χ0n) is 15.0. The molecule has 1 aromatic carbocycles. The van der Waals surface area contributed by atoms with E-state index in [-0.39, 0.29) is 12.5 Å². The van der Waals surface area contributed by atoms with Crippen molar-refractivity contribution in [1.29, 1.82) is 0 Å². The van der Waals surface area contributed by atoms with Gasteiger partial charge < -0.3 is 9.47 Å². The van der Waals surface area contributed by atoms with E-state index in [1.54, 1.807) is 19.1 Å². The highest BCUT2D eigenvalue weighted by molar-refractivity contribution is 5.74. The third-order valence-corrected chi connectivity index (χ3v) is 4.95. The minimum atomic E-state index is -2.74. The summed E-state index contributed by atoms with van der Waals surface area (Å²) in [5.41, 5.74) is 0.772. The van der Waals surface area contributed by atoms with Crippen molar-refractivity contribution in [2.75, 3.05) is 13.2 Å². The number of rotatable bonds is 8. The molecule has 0 saturated heterocycles. The molecule has 1 aromatic rings. The normalized spacial score (nSPS) is 18.0. The van der Waals surface area contributed by atoms with Crippen LogP contribution in [-0.4, -0.2) is 25.6 Å². The van der Waals surface area contributed by atoms with Crippen molar-refractivity contribution in [3.8, 4) is 5.75 Å². The van der Waals surface area contributed by atoms with Gasteiger partial charge in [0.1, 0.15) is 11.7 Å². The lowest BCUT2D eigenvalue weighted by atomic mass is 9.71. The minimum absolute atomic E-state index is 0.0788. The van der Waals surface area contributed by atoms with Gasteiger partial charge in [-0.2, -0.15) is 0 Å². The molecular weight excluding hydrogens is 326 g/mol. The Hall–Kier alpha value is -1.65. The number of alkyl halides is 2. The lowest BCUT2D eigenvalue weighted by Gasteiger charge is -2.35. The van der Waals surface area contributed by atoms with Gasteiger partial charge in [-0.1, -0.05) is 31.4 Å². The predicted molar refractivity (Wildman–Crippen MR) is 93.1 cm³/mol. The molecule has 2 rings (SSSR count). The number of ether oxygens (including phenoxy) is 2. The van der Waals surface area contributed by atoms with E-state index in [4.69, 9.17) is 9.47 Å². The van der Waals surface area contributed by atoms with Crippen molar-refractivity contribution < 1.29 is 23.0 Å². The molecule has 2 atom stereocenters. The Morgan fingerprint density at radius 3 is 2.24 bits per heavy atom. The summed E-state index contributed by atoms with van der Waals surface area (Å²) in [6, 6.07) is 7.22. The van der Waals surface area contributed by atoms with Crippen LogP contribution < -0.4 is 4.74 Å². The van der Waals surface area contributed by atoms with Crippen LogP contribution in [0.25, 0.3) is 0 Å². The van der Waals surface area contributed by atoms with E-state index in [9.17, 15) is 13.6 Å². The van der Waals surface area contributed by atoms with Crippen LogP contribution in [0.4, 0.5) is 8.78 Å². The lowest BCUT2D eigenvalue weighted by Crippen LogP contribution is -2.35. The zero-order chi connectivity index (χ0) is 18.2.